The van der Waals surface area contributed by atoms with Crippen LogP contribution in [0.4, 0.5) is 16.5 Å². The fourth-order valence-electron chi connectivity index (χ4n) is 2.32. The normalized spacial score (nSPS) is 10.0. The van der Waals surface area contributed by atoms with Crippen molar-refractivity contribution >= 4 is 56.4 Å². The number of nitrogens with one attached hydrogen (secondary N) is 1. The van der Waals surface area contributed by atoms with Gasteiger partial charge in [-0.2, -0.15) is 0 Å². The lowest BCUT2D eigenvalue weighted by Crippen LogP contribution is -1.96. The molecule has 7 nitrogen and oxygen atoms in total. The van der Waals surface area contributed by atoms with Gasteiger partial charge in [-0.15, -0.1) is 28.3 Å². The summed E-state index contributed by atoms with van der Waals surface area (Å²) in [6.45, 7) is 0. The van der Waals surface area contributed by atoms with Crippen molar-refractivity contribution in [2.45, 2.75) is 0 Å². The maximum absolute atomic E-state index is 10.9. The second-order valence-corrected chi connectivity index (χ2v) is 6.42. The van der Waals surface area contributed by atoms with E-state index in [-0.39, 0.29) is 22.7 Å². The molecule has 1 N–H and O–H groups in total. The highest BCUT2D eigenvalue weighted by Gasteiger charge is 2.13. The molecule has 1 aromatic heterocycles. The minimum Gasteiger partial charge on any atom is -0.495 e. The molecule has 0 unspecified atom stereocenters. The van der Waals surface area contributed by atoms with Gasteiger partial charge >= 0.3 is 0 Å². The van der Waals surface area contributed by atoms with Crippen molar-refractivity contribution in [2.24, 2.45) is 0 Å². The van der Waals surface area contributed by atoms with E-state index in [0.29, 0.717) is 38.6 Å². The third-order valence-corrected chi connectivity index (χ3v) is 4.63. The Morgan fingerprint density at radius 2 is 1.93 bits per heavy atom. The molecule has 0 saturated heterocycles. The van der Waals surface area contributed by atoms with Crippen LogP contribution in [0.25, 0.3) is 11.3 Å². The van der Waals surface area contributed by atoms with Crippen LogP contribution in [0.3, 0.4) is 0 Å². The molecule has 0 fully saturated rings. The molecule has 2 aromatic carbocycles. The maximum Gasteiger partial charge on any atom is 0.270 e. The number of aromatic nitrogens is 1. The second kappa shape index (κ2) is 9.03. The fraction of sp³-hybridized carbons (Fsp3) is 0.118. The molecule has 3 aromatic rings. The molecule has 0 aliphatic heterocycles. The minimum absolute atomic E-state index is 0. The molecule has 10 heteroatoms. The van der Waals surface area contributed by atoms with E-state index in [1.54, 1.807) is 31.4 Å². The first-order valence-electron chi connectivity index (χ1n) is 7.40. The Labute approximate surface area is 174 Å². The topological polar surface area (TPSA) is 86.5 Å². The quantitative estimate of drug-likeness (QED) is 0.365. The zero-order valence-corrected chi connectivity index (χ0v) is 17.5. The van der Waals surface area contributed by atoms with Crippen LogP contribution >= 0.6 is 39.9 Å². The number of hydrogen-bond acceptors (Lipinski definition) is 7. The molecule has 1 heterocycles. The van der Waals surface area contributed by atoms with Crippen LogP contribution in [0.15, 0.2) is 41.8 Å². The van der Waals surface area contributed by atoms with Crippen molar-refractivity contribution in [3.05, 3.63) is 56.9 Å². The summed E-state index contributed by atoms with van der Waals surface area (Å²) >= 11 is 7.48. The van der Waals surface area contributed by atoms with Crippen molar-refractivity contribution in [1.82, 2.24) is 4.98 Å². The first-order chi connectivity index (χ1) is 12.5. The van der Waals surface area contributed by atoms with Crippen molar-refractivity contribution in [2.75, 3.05) is 19.5 Å². The number of nitro benzene ring substituents is 1. The summed E-state index contributed by atoms with van der Waals surface area (Å²) < 4.78 is 10.6. The molecular formula is C17H15BrClN3O4S. The summed E-state index contributed by atoms with van der Waals surface area (Å²) in [7, 11) is 3.07. The number of non-ortho nitro benzene ring substituents is 1. The van der Waals surface area contributed by atoms with Gasteiger partial charge in [0.15, 0.2) is 5.13 Å². The lowest BCUT2D eigenvalue weighted by Gasteiger charge is -2.12. The van der Waals surface area contributed by atoms with E-state index in [0.717, 1.165) is 0 Å². The van der Waals surface area contributed by atoms with Gasteiger partial charge in [0.05, 0.1) is 35.5 Å². The monoisotopic (exact) mass is 471 g/mol. The summed E-state index contributed by atoms with van der Waals surface area (Å²) in [6.07, 6.45) is 0. The summed E-state index contributed by atoms with van der Waals surface area (Å²) in [6, 6.07) is 9.71. The predicted molar refractivity (Wildman–Crippen MR) is 112 cm³/mol. The molecule has 0 atom stereocenters. The first kappa shape index (κ1) is 20.9. The average molecular weight is 473 g/mol. The number of rotatable bonds is 6. The van der Waals surface area contributed by atoms with E-state index in [4.69, 9.17) is 21.1 Å². The van der Waals surface area contributed by atoms with E-state index >= 15 is 0 Å². The molecule has 0 aliphatic carbocycles. The fourth-order valence-corrected chi connectivity index (χ4v) is 3.28. The van der Waals surface area contributed by atoms with Crippen LogP contribution < -0.4 is 14.8 Å². The van der Waals surface area contributed by atoms with Gasteiger partial charge in [0.1, 0.15) is 11.5 Å². The number of nitro groups is 1. The minimum atomic E-state index is -0.431. The Kier molecular flexibility index (Phi) is 7.00. The van der Waals surface area contributed by atoms with Crippen molar-refractivity contribution in [1.29, 1.82) is 0 Å². The van der Waals surface area contributed by atoms with E-state index in [1.165, 1.54) is 30.6 Å². The molecule has 0 saturated carbocycles. The van der Waals surface area contributed by atoms with Gasteiger partial charge in [-0.25, -0.2) is 4.98 Å². The van der Waals surface area contributed by atoms with Gasteiger partial charge in [0.25, 0.3) is 5.69 Å². The Bertz CT molecular complexity index is 967. The van der Waals surface area contributed by atoms with Crippen LogP contribution in [0.2, 0.25) is 5.02 Å². The third kappa shape index (κ3) is 4.68. The maximum atomic E-state index is 10.9. The van der Waals surface area contributed by atoms with Gasteiger partial charge in [-0.1, -0.05) is 23.7 Å². The van der Waals surface area contributed by atoms with Crippen LogP contribution in [-0.2, 0) is 0 Å². The second-order valence-electron chi connectivity index (χ2n) is 5.16. The van der Waals surface area contributed by atoms with Gasteiger partial charge in [-0.3, -0.25) is 10.1 Å². The van der Waals surface area contributed by atoms with Crippen LogP contribution in [0.5, 0.6) is 11.5 Å². The third-order valence-electron chi connectivity index (χ3n) is 3.57. The molecule has 3 rings (SSSR count). The standard InChI is InChI=1S/C17H14ClN3O4S.BrH/c1-24-15-8-13(16(25-2)7-12(15)18)19-17-20-14(9-26-17)10-4-3-5-11(6-10)21(22)23;/h3-9H,1-2H3,(H,19,20);1H. The molecule has 0 aliphatic rings. The van der Waals surface area contributed by atoms with Gasteiger partial charge < -0.3 is 14.8 Å². The Balaban J connectivity index is 0.00000261. The Morgan fingerprint density at radius 3 is 2.59 bits per heavy atom. The zero-order chi connectivity index (χ0) is 18.7. The van der Waals surface area contributed by atoms with Crippen LogP contribution in [0, 0.1) is 10.1 Å². The lowest BCUT2D eigenvalue weighted by molar-refractivity contribution is -0.384. The summed E-state index contributed by atoms with van der Waals surface area (Å²) in [5, 5.41) is 17.0. The SMILES string of the molecule is Br.COc1cc(Nc2nc(-c3cccc([N+](=O)[O-])c3)cs2)c(OC)cc1Cl. The highest BCUT2D eigenvalue weighted by atomic mass is 79.9. The average Bonchev–Trinajstić information content (AvgIpc) is 3.11. The summed E-state index contributed by atoms with van der Waals surface area (Å²) in [5.74, 6) is 1.05. The van der Waals surface area contributed by atoms with Gasteiger partial charge in [0, 0.05) is 35.2 Å². The number of benzene rings is 2. The number of halogens is 2. The van der Waals surface area contributed by atoms with Gasteiger partial charge in [-0.05, 0) is 0 Å². The number of ether oxygens (including phenoxy) is 2. The van der Waals surface area contributed by atoms with E-state index in [2.05, 4.69) is 10.3 Å². The number of anilines is 2. The van der Waals surface area contributed by atoms with Crippen molar-refractivity contribution in [3.8, 4) is 22.8 Å². The van der Waals surface area contributed by atoms with E-state index in [9.17, 15) is 10.1 Å². The van der Waals surface area contributed by atoms with Crippen molar-refractivity contribution in [3.63, 3.8) is 0 Å². The number of nitrogens with zero attached hydrogens (tertiary/aromatic N) is 2. The van der Waals surface area contributed by atoms with Crippen molar-refractivity contribution < 1.29 is 14.4 Å². The Hall–Kier alpha value is -2.36. The zero-order valence-electron chi connectivity index (χ0n) is 14.3. The molecule has 0 radical (unpaired) electrons. The lowest BCUT2D eigenvalue weighted by atomic mass is 10.1. The molecule has 142 valence electrons. The first-order valence-corrected chi connectivity index (χ1v) is 8.66. The highest BCUT2D eigenvalue weighted by Crippen LogP contribution is 2.38. The smallest absolute Gasteiger partial charge is 0.270 e. The Morgan fingerprint density at radius 1 is 1.19 bits per heavy atom. The van der Waals surface area contributed by atoms with Gasteiger partial charge in [0.2, 0.25) is 0 Å². The molecule has 0 amide bonds. The number of methoxy groups -OCH3 is 2. The van der Waals surface area contributed by atoms with Crippen LogP contribution in [-0.4, -0.2) is 24.1 Å². The van der Waals surface area contributed by atoms with Crippen LogP contribution in [0.1, 0.15) is 0 Å². The number of thiazole rings is 1. The largest absolute Gasteiger partial charge is 0.495 e. The molecule has 0 spiro atoms. The highest BCUT2D eigenvalue weighted by molar-refractivity contribution is 8.93. The summed E-state index contributed by atoms with van der Waals surface area (Å²) in [4.78, 5) is 15.0. The summed E-state index contributed by atoms with van der Waals surface area (Å²) in [5.41, 5.74) is 1.98. The van der Waals surface area contributed by atoms with E-state index in [1.807, 2.05) is 5.38 Å². The molecule has 27 heavy (non-hydrogen) atoms. The predicted octanol–water partition coefficient (Wildman–Crippen LogP) is 5.71. The molecular weight excluding hydrogens is 458 g/mol. The molecule has 0 bridgehead atoms. The number of hydrogen-bond donors (Lipinski definition) is 1. The van der Waals surface area contributed by atoms with E-state index < -0.39 is 4.92 Å².